The fraction of sp³-hybridized carbons (Fsp3) is 0.429. The zero-order valence-corrected chi connectivity index (χ0v) is 11.1. The van der Waals surface area contributed by atoms with Gasteiger partial charge in [0.1, 0.15) is 0 Å². The molecule has 102 valence electrons. The minimum atomic E-state index is -0.558. The van der Waals surface area contributed by atoms with Crippen LogP contribution in [0.1, 0.15) is 17.3 Å². The summed E-state index contributed by atoms with van der Waals surface area (Å²) in [4.78, 5) is 19.8. The van der Waals surface area contributed by atoms with Gasteiger partial charge in [-0.1, -0.05) is 12.2 Å². The SMILES string of the molecule is C=C(C)CN1CCN(C(=O)c2ccncc2F)CC1. The standard InChI is InChI=1S/C14H18FN3O/c1-11(2)10-17-5-7-18(8-6-17)14(19)12-3-4-16-9-13(12)15/h3-4,9H,1,5-8,10H2,2H3. The van der Waals surface area contributed by atoms with Crippen LogP contribution in [0.3, 0.4) is 0 Å². The van der Waals surface area contributed by atoms with E-state index in [0.29, 0.717) is 13.1 Å². The quantitative estimate of drug-likeness (QED) is 0.776. The number of pyridine rings is 1. The van der Waals surface area contributed by atoms with Gasteiger partial charge in [-0.3, -0.25) is 14.7 Å². The Kier molecular flexibility index (Phi) is 4.27. The lowest BCUT2D eigenvalue weighted by molar-refractivity contribution is 0.0643. The third kappa shape index (κ3) is 3.38. The molecule has 0 saturated carbocycles. The van der Waals surface area contributed by atoms with Gasteiger partial charge in [0.2, 0.25) is 0 Å². The maximum atomic E-state index is 13.5. The molecule has 1 fully saturated rings. The zero-order chi connectivity index (χ0) is 13.8. The monoisotopic (exact) mass is 263 g/mol. The van der Waals surface area contributed by atoms with E-state index in [1.807, 2.05) is 6.92 Å². The van der Waals surface area contributed by atoms with Crippen LogP contribution in [-0.2, 0) is 0 Å². The van der Waals surface area contributed by atoms with Crippen LogP contribution in [0.25, 0.3) is 0 Å². The molecule has 19 heavy (non-hydrogen) atoms. The minimum Gasteiger partial charge on any atom is -0.336 e. The first kappa shape index (κ1) is 13.7. The Bertz CT molecular complexity index is 481. The predicted octanol–water partition coefficient (Wildman–Crippen LogP) is 1.55. The molecule has 0 unspecified atom stereocenters. The Hall–Kier alpha value is -1.75. The lowest BCUT2D eigenvalue weighted by Crippen LogP contribution is -2.49. The highest BCUT2D eigenvalue weighted by Crippen LogP contribution is 2.11. The summed E-state index contributed by atoms with van der Waals surface area (Å²) in [6.45, 7) is 9.56. The van der Waals surface area contributed by atoms with E-state index in [1.165, 1.54) is 12.3 Å². The lowest BCUT2D eigenvalue weighted by Gasteiger charge is -2.34. The van der Waals surface area contributed by atoms with Crippen molar-refractivity contribution >= 4 is 5.91 Å². The van der Waals surface area contributed by atoms with E-state index < -0.39 is 5.82 Å². The summed E-state index contributed by atoms with van der Waals surface area (Å²) in [6, 6.07) is 1.43. The van der Waals surface area contributed by atoms with Crippen LogP contribution in [-0.4, -0.2) is 53.4 Å². The van der Waals surface area contributed by atoms with Gasteiger partial charge in [0.25, 0.3) is 5.91 Å². The van der Waals surface area contributed by atoms with E-state index in [-0.39, 0.29) is 11.5 Å². The molecule has 0 spiro atoms. The highest BCUT2D eigenvalue weighted by Gasteiger charge is 2.23. The molecule has 2 heterocycles. The molecular weight excluding hydrogens is 245 g/mol. The maximum absolute atomic E-state index is 13.5. The number of piperazine rings is 1. The van der Waals surface area contributed by atoms with Crippen molar-refractivity contribution in [1.82, 2.24) is 14.8 Å². The Balaban J connectivity index is 1.96. The van der Waals surface area contributed by atoms with Gasteiger partial charge in [-0.25, -0.2) is 4.39 Å². The summed E-state index contributed by atoms with van der Waals surface area (Å²) < 4.78 is 13.5. The second-order valence-corrected chi connectivity index (χ2v) is 4.88. The van der Waals surface area contributed by atoms with E-state index in [1.54, 1.807) is 4.90 Å². The van der Waals surface area contributed by atoms with Crippen molar-refractivity contribution in [2.45, 2.75) is 6.92 Å². The van der Waals surface area contributed by atoms with Gasteiger partial charge in [0.05, 0.1) is 11.8 Å². The first-order valence-corrected chi connectivity index (χ1v) is 6.33. The molecular formula is C14H18FN3O. The molecule has 1 aromatic rings. The molecule has 0 radical (unpaired) electrons. The third-order valence-corrected chi connectivity index (χ3v) is 3.16. The number of carbonyl (C=O) groups is 1. The molecule has 1 aliphatic rings. The average molecular weight is 263 g/mol. The molecule has 0 aliphatic carbocycles. The van der Waals surface area contributed by atoms with Crippen molar-refractivity contribution in [3.8, 4) is 0 Å². The number of carbonyl (C=O) groups excluding carboxylic acids is 1. The van der Waals surface area contributed by atoms with Crippen molar-refractivity contribution in [2.75, 3.05) is 32.7 Å². The van der Waals surface area contributed by atoms with Crippen LogP contribution < -0.4 is 0 Å². The number of rotatable bonds is 3. The number of nitrogens with zero attached hydrogens (tertiary/aromatic N) is 3. The van der Waals surface area contributed by atoms with Crippen LogP contribution in [0, 0.1) is 5.82 Å². The molecule has 4 nitrogen and oxygen atoms in total. The van der Waals surface area contributed by atoms with Gasteiger partial charge < -0.3 is 4.90 Å². The van der Waals surface area contributed by atoms with Crippen LogP contribution in [0.15, 0.2) is 30.6 Å². The average Bonchev–Trinajstić information content (AvgIpc) is 2.39. The molecule has 1 aliphatic heterocycles. The minimum absolute atomic E-state index is 0.100. The normalized spacial score (nSPS) is 16.4. The summed E-state index contributed by atoms with van der Waals surface area (Å²) in [5.74, 6) is -0.813. The first-order valence-electron chi connectivity index (χ1n) is 6.33. The van der Waals surface area contributed by atoms with Gasteiger partial charge in [0, 0.05) is 38.9 Å². The largest absolute Gasteiger partial charge is 0.336 e. The molecule has 1 amide bonds. The van der Waals surface area contributed by atoms with Crippen LogP contribution in [0.5, 0.6) is 0 Å². The number of halogens is 1. The summed E-state index contributed by atoms with van der Waals surface area (Å²) in [6.07, 6.45) is 2.51. The van der Waals surface area contributed by atoms with Gasteiger partial charge in [-0.05, 0) is 13.0 Å². The summed E-state index contributed by atoms with van der Waals surface area (Å²) in [7, 11) is 0. The summed E-state index contributed by atoms with van der Waals surface area (Å²) in [5.41, 5.74) is 1.21. The first-order chi connectivity index (χ1) is 9.08. The van der Waals surface area contributed by atoms with E-state index in [0.717, 1.165) is 31.4 Å². The molecule has 1 saturated heterocycles. The van der Waals surface area contributed by atoms with Crippen molar-refractivity contribution in [1.29, 1.82) is 0 Å². The summed E-state index contributed by atoms with van der Waals surface area (Å²) >= 11 is 0. The Morgan fingerprint density at radius 3 is 2.68 bits per heavy atom. The van der Waals surface area contributed by atoms with Gasteiger partial charge in [0.15, 0.2) is 5.82 Å². The molecule has 1 aromatic heterocycles. The fourth-order valence-electron chi connectivity index (χ4n) is 2.21. The Morgan fingerprint density at radius 1 is 1.42 bits per heavy atom. The van der Waals surface area contributed by atoms with Crippen LogP contribution in [0.2, 0.25) is 0 Å². The van der Waals surface area contributed by atoms with Crippen molar-refractivity contribution in [3.63, 3.8) is 0 Å². The second kappa shape index (κ2) is 5.93. The van der Waals surface area contributed by atoms with Crippen LogP contribution in [0.4, 0.5) is 4.39 Å². The molecule has 0 aromatic carbocycles. The third-order valence-electron chi connectivity index (χ3n) is 3.16. The van der Waals surface area contributed by atoms with E-state index in [9.17, 15) is 9.18 Å². The molecule has 0 N–H and O–H groups in total. The van der Waals surface area contributed by atoms with Crippen molar-refractivity contribution < 1.29 is 9.18 Å². The Labute approximate surface area is 112 Å². The highest BCUT2D eigenvalue weighted by atomic mass is 19.1. The Morgan fingerprint density at radius 2 is 2.11 bits per heavy atom. The summed E-state index contributed by atoms with van der Waals surface area (Å²) in [5, 5.41) is 0. The predicted molar refractivity (Wildman–Crippen MR) is 71.4 cm³/mol. The molecule has 5 heteroatoms. The number of aromatic nitrogens is 1. The van der Waals surface area contributed by atoms with E-state index in [4.69, 9.17) is 0 Å². The smallest absolute Gasteiger partial charge is 0.257 e. The second-order valence-electron chi connectivity index (χ2n) is 4.88. The van der Waals surface area contributed by atoms with Crippen molar-refractivity contribution in [3.05, 3.63) is 42.0 Å². The van der Waals surface area contributed by atoms with Crippen LogP contribution >= 0.6 is 0 Å². The van der Waals surface area contributed by atoms with Gasteiger partial charge in [-0.15, -0.1) is 0 Å². The maximum Gasteiger partial charge on any atom is 0.257 e. The number of amides is 1. The number of hydrogen-bond donors (Lipinski definition) is 0. The topological polar surface area (TPSA) is 36.4 Å². The van der Waals surface area contributed by atoms with E-state index >= 15 is 0 Å². The van der Waals surface area contributed by atoms with Gasteiger partial charge in [-0.2, -0.15) is 0 Å². The van der Waals surface area contributed by atoms with E-state index in [2.05, 4.69) is 16.5 Å². The molecule has 0 atom stereocenters. The molecule has 0 bridgehead atoms. The van der Waals surface area contributed by atoms with Crippen molar-refractivity contribution in [2.24, 2.45) is 0 Å². The zero-order valence-electron chi connectivity index (χ0n) is 11.1. The van der Waals surface area contributed by atoms with Gasteiger partial charge >= 0.3 is 0 Å². The lowest BCUT2D eigenvalue weighted by atomic mass is 10.2. The molecule has 2 rings (SSSR count). The highest BCUT2D eigenvalue weighted by molar-refractivity contribution is 5.94. The fourth-order valence-corrected chi connectivity index (χ4v) is 2.21. The number of hydrogen-bond acceptors (Lipinski definition) is 3.